The van der Waals surface area contributed by atoms with Crippen molar-refractivity contribution in [2.45, 2.75) is 5.16 Å². The Labute approximate surface area is 90.6 Å². The van der Waals surface area contributed by atoms with Crippen molar-refractivity contribution in [3.05, 3.63) is 28.7 Å². The molecule has 74 valence electrons. The van der Waals surface area contributed by atoms with E-state index in [1.165, 1.54) is 11.8 Å². The third kappa shape index (κ3) is 1.88. The van der Waals surface area contributed by atoms with Gasteiger partial charge in [-0.15, -0.1) is 12.4 Å². The number of fused-ring (bicyclic) bond motifs is 1. The third-order valence-corrected chi connectivity index (χ3v) is 2.23. The number of nitrogens with zero attached hydrogens (tertiary/aromatic N) is 2. The van der Waals surface area contributed by atoms with Gasteiger partial charge >= 0.3 is 0 Å². The predicted molar refractivity (Wildman–Crippen MR) is 59.2 cm³/mol. The first-order valence-electron chi connectivity index (χ1n) is 3.70. The molecule has 0 unspecified atom stereocenters. The van der Waals surface area contributed by atoms with E-state index in [1.54, 1.807) is 18.3 Å². The van der Waals surface area contributed by atoms with Crippen LogP contribution in [0.1, 0.15) is 0 Å². The number of aromatic nitrogens is 3. The van der Waals surface area contributed by atoms with Gasteiger partial charge < -0.3 is 4.98 Å². The van der Waals surface area contributed by atoms with Gasteiger partial charge in [0.25, 0.3) is 5.56 Å². The van der Waals surface area contributed by atoms with Crippen molar-refractivity contribution >= 4 is 35.2 Å². The quantitative estimate of drug-likeness (QED) is 0.594. The van der Waals surface area contributed by atoms with Crippen molar-refractivity contribution in [3.63, 3.8) is 0 Å². The molecule has 0 spiro atoms. The van der Waals surface area contributed by atoms with Crippen LogP contribution in [0.5, 0.6) is 0 Å². The lowest BCUT2D eigenvalue weighted by molar-refractivity contribution is 0.964. The molecule has 2 rings (SSSR count). The van der Waals surface area contributed by atoms with Crippen LogP contribution in [0, 0.1) is 0 Å². The van der Waals surface area contributed by atoms with Crippen molar-refractivity contribution in [3.8, 4) is 0 Å². The summed E-state index contributed by atoms with van der Waals surface area (Å²) in [5.41, 5.74) is 0.359. The summed E-state index contributed by atoms with van der Waals surface area (Å²) in [6.07, 6.45) is 3.48. The molecule has 0 atom stereocenters. The fourth-order valence-electron chi connectivity index (χ4n) is 1.05. The SMILES string of the molecule is CSc1nc2ncccc2c(=O)[nH]1.Cl. The molecule has 14 heavy (non-hydrogen) atoms. The van der Waals surface area contributed by atoms with Gasteiger partial charge in [-0.05, 0) is 18.4 Å². The van der Waals surface area contributed by atoms with E-state index in [9.17, 15) is 4.79 Å². The molecule has 0 aromatic carbocycles. The van der Waals surface area contributed by atoms with Crippen molar-refractivity contribution in [1.29, 1.82) is 0 Å². The molecular formula is C8H8ClN3OS. The summed E-state index contributed by atoms with van der Waals surface area (Å²) >= 11 is 1.39. The molecule has 0 amide bonds. The summed E-state index contributed by atoms with van der Waals surface area (Å²) in [6.45, 7) is 0. The average Bonchev–Trinajstić information content (AvgIpc) is 2.18. The second-order valence-electron chi connectivity index (χ2n) is 2.45. The Bertz CT molecular complexity index is 499. The number of rotatable bonds is 1. The highest BCUT2D eigenvalue weighted by Crippen LogP contribution is 2.08. The molecule has 4 nitrogen and oxygen atoms in total. The minimum absolute atomic E-state index is 0. The van der Waals surface area contributed by atoms with Gasteiger partial charge in [0, 0.05) is 6.20 Å². The average molecular weight is 230 g/mol. The van der Waals surface area contributed by atoms with Crippen LogP contribution in [0.3, 0.4) is 0 Å². The molecule has 0 bridgehead atoms. The maximum absolute atomic E-state index is 11.4. The van der Waals surface area contributed by atoms with Gasteiger partial charge in [-0.2, -0.15) is 0 Å². The van der Waals surface area contributed by atoms with E-state index in [1.807, 2.05) is 6.26 Å². The number of aromatic amines is 1. The fraction of sp³-hybridized carbons (Fsp3) is 0.125. The van der Waals surface area contributed by atoms with E-state index in [2.05, 4.69) is 15.0 Å². The lowest BCUT2D eigenvalue weighted by Crippen LogP contribution is -2.09. The van der Waals surface area contributed by atoms with E-state index < -0.39 is 0 Å². The molecule has 0 aliphatic rings. The maximum Gasteiger partial charge on any atom is 0.261 e. The van der Waals surface area contributed by atoms with Gasteiger partial charge in [0.1, 0.15) is 0 Å². The van der Waals surface area contributed by atoms with Gasteiger partial charge in [0.15, 0.2) is 10.8 Å². The number of pyridine rings is 1. The van der Waals surface area contributed by atoms with Crippen LogP contribution in [-0.2, 0) is 0 Å². The van der Waals surface area contributed by atoms with Gasteiger partial charge in [-0.25, -0.2) is 9.97 Å². The zero-order chi connectivity index (χ0) is 9.26. The lowest BCUT2D eigenvalue weighted by atomic mass is 10.3. The summed E-state index contributed by atoms with van der Waals surface area (Å²) in [5, 5.41) is 1.12. The van der Waals surface area contributed by atoms with Crippen LogP contribution in [0.15, 0.2) is 28.3 Å². The molecule has 6 heteroatoms. The predicted octanol–water partition coefficient (Wildman–Crippen LogP) is 1.46. The summed E-state index contributed by atoms with van der Waals surface area (Å²) in [7, 11) is 0. The third-order valence-electron chi connectivity index (χ3n) is 1.65. The van der Waals surface area contributed by atoms with Crippen LogP contribution in [-0.4, -0.2) is 21.2 Å². The molecule has 2 aromatic rings. The molecule has 0 saturated carbocycles. The van der Waals surface area contributed by atoms with Crippen LogP contribution in [0.2, 0.25) is 0 Å². The zero-order valence-electron chi connectivity index (χ0n) is 7.35. The summed E-state index contributed by atoms with van der Waals surface area (Å²) in [6, 6.07) is 3.43. The number of nitrogens with one attached hydrogen (secondary N) is 1. The molecule has 1 N–H and O–H groups in total. The van der Waals surface area contributed by atoms with Crippen LogP contribution in [0.25, 0.3) is 11.0 Å². The van der Waals surface area contributed by atoms with Gasteiger partial charge in [-0.1, -0.05) is 11.8 Å². The normalized spacial score (nSPS) is 9.79. The number of hydrogen-bond donors (Lipinski definition) is 1. The Hall–Kier alpha value is -1.07. The van der Waals surface area contributed by atoms with E-state index in [0.717, 1.165) is 0 Å². The standard InChI is InChI=1S/C8H7N3OS.ClH/c1-13-8-10-6-5(7(12)11-8)3-2-4-9-6;/h2-4H,1H3,(H,9,10,11,12);1H. The highest BCUT2D eigenvalue weighted by molar-refractivity contribution is 7.98. The second-order valence-corrected chi connectivity index (χ2v) is 3.24. The first-order chi connectivity index (χ1) is 6.31. The highest BCUT2D eigenvalue weighted by atomic mass is 35.5. The monoisotopic (exact) mass is 229 g/mol. The second kappa shape index (κ2) is 4.43. The molecule has 0 fully saturated rings. The Kier molecular flexibility index (Phi) is 3.49. The maximum atomic E-state index is 11.4. The zero-order valence-corrected chi connectivity index (χ0v) is 8.98. The molecular weight excluding hydrogens is 222 g/mol. The van der Waals surface area contributed by atoms with Gasteiger partial charge in [0.05, 0.1) is 5.39 Å². The Balaban J connectivity index is 0.000000980. The van der Waals surface area contributed by atoms with E-state index >= 15 is 0 Å². The highest BCUT2D eigenvalue weighted by Gasteiger charge is 2.01. The van der Waals surface area contributed by atoms with Crippen molar-refractivity contribution in [2.75, 3.05) is 6.26 Å². The molecule has 2 heterocycles. The van der Waals surface area contributed by atoms with Gasteiger partial charge in [-0.3, -0.25) is 4.79 Å². The van der Waals surface area contributed by atoms with Crippen LogP contribution in [0.4, 0.5) is 0 Å². The van der Waals surface area contributed by atoms with Crippen LogP contribution < -0.4 is 5.56 Å². The number of H-pyrrole nitrogens is 1. The van der Waals surface area contributed by atoms with Crippen molar-refractivity contribution in [2.24, 2.45) is 0 Å². The summed E-state index contributed by atoms with van der Waals surface area (Å²) < 4.78 is 0. The Morgan fingerprint density at radius 2 is 2.29 bits per heavy atom. The topological polar surface area (TPSA) is 58.6 Å². The minimum Gasteiger partial charge on any atom is -0.301 e. The van der Waals surface area contributed by atoms with E-state index in [-0.39, 0.29) is 18.0 Å². The Morgan fingerprint density at radius 3 is 3.00 bits per heavy atom. The lowest BCUT2D eigenvalue weighted by Gasteiger charge is -1.97. The molecule has 0 radical (unpaired) electrons. The molecule has 2 aromatic heterocycles. The van der Waals surface area contributed by atoms with E-state index in [4.69, 9.17) is 0 Å². The van der Waals surface area contributed by atoms with Crippen LogP contribution >= 0.6 is 24.2 Å². The van der Waals surface area contributed by atoms with Gasteiger partial charge in [0.2, 0.25) is 0 Å². The minimum atomic E-state index is -0.137. The van der Waals surface area contributed by atoms with Crippen molar-refractivity contribution in [1.82, 2.24) is 15.0 Å². The molecule has 0 aliphatic carbocycles. The van der Waals surface area contributed by atoms with E-state index in [0.29, 0.717) is 16.2 Å². The largest absolute Gasteiger partial charge is 0.301 e. The fourth-order valence-corrected chi connectivity index (χ4v) is 1.42. The first-order valence-corrected chi connectivity index (χ1v) is 4.93. The summed E-state index contributed by atoms with van der Waals surface area (Å²) in [4.78, 5) is 22.2. The Morgan fingerprint density at radius 1 is 1.50 bits per heavy atom. The first kappa shape index (κ1) is 11.0. The number of hydrogen-bond acceptors (Lipinski definition) is 4. The van der Waals surface area contributed by atoms with Crippen molar-refractivity contribution < 1.29 is 0 Å². The number of thioether (sulfide) groups is 1. The smallest absolute Gasteiger partial charge is 0.261 e. The summed E-state index contributed by atoms with van der Waals surface area (Å²) in [5.74, 6) is 0. The molecule has 0 aliphatic heterocycles. The molecule has 0 saturated heterocycles. The number of halogens is 1.